The van der Waals surface area contributed by atoms with Gasteiger partial charge in [-0.05, 0) is 61.0 Å². The Morgan fingerprint density at radius 2 is 1.67 bits per heavy atom. The molecule has 8 nitrogen and oxygen atoms in total. The molecule has 3 rings (SSSR count). The van der Waals surface area contributed by atoms with Crippen LogP contribution in [0.25, 0.3) is 0 Å². The predicted octanol–water partition coefficient (Wildman–Crippen LogP) is 3.10. The molecule has 0 heterocycles. The standard InChI is InChI=1S/C25H23N3O5/c1-17-5-3-7-20(13-17)24(30)26-16-23(29)28-27-15-18-6-4-8-22(14-18)33-25(31)19-9-11-21(32-2)12-10-19/h3-15H,16H2,1-2H3,(H,26,30)(H,28,29). The van der Waals surface area contributed by atoms with E-state index in [0.717, 1.165) is 5.56 Å². The normalized spacial score (nSPS) is 10.5. The number of esters is 1. The highest BCUT2D eigenvalue weighted by atomic mass is 16.5. The second-order valence-electron chi connectivity index (χ2n) is 7.04. The Balaban J connectivity index is 1.49. The van der Waals surface area contributed by atoms with E-state index in [0.29, 0.717) is 28.2 Å². The molecule has 3 aromatic carbocycles. The lowest BCUT2D eigenvalue weighted by molar-refractivity contribution is -0.120. The van der Waals surface area contributed by atoms with E-state index in [-0.39, 0.29) is 12.5 Å². The van der Waals surface area contributed by atoms with Crippen LogP contribution < -0.4 is 20.2 Å². The summed E-state index contributed by atoms with van der Waals surface area (Å²) in [6, 6.07) is 20.3. The molecule has 0 atom stereocenters. The fraction of sp³-hybridized carbons (Fsp3) is 0.120. The predicted molar refractivity (Wildman–Crippen MR) is 124 cm³/mol. The van der Waals surface area contributed by atoms with Gasteiger partial charge in [-0.2, -0.15) is 5.10 Å². The highest BCUT2D eigenvalue weighted by molar-refractivity contribution is 5.96. The largest absolute Gasteiger partial charge is 0.497 e. The van der Waals surface area contributed by atoms with Crippen LogP contribution in [0, 0.1) is 6.92 Å². The monoisotopic (exact) mass is 445 g/mol. The lowest BCUT2D eigenvalue weighted by atomic mass is 10.1. The molecule has 0 unspecified atom stereocenters. The second-order valence-corrected chi connectivity index (χ2v) is 7.04. The summed E-state index contributed by atoms with van der Waals surface area (Å²) in [7, 11) is 1.55. The van der Waals surface area contributed by atoms with Crippen molar-refractivity contribution in [2.75, 3.05) is 13.7 Å². The molecule has 0 spiro atoms. The molecule has 0 fully saturated rings. The van der Waals surface area contributed by atoms with Crippen molar-refractivity contribution in [3.63, 3.8) is 0 Å². The van der Waals surface area contributed by atoms with Crippen molar-refractivity contribution in [3.8, 4) is 11.5 Å². The molecule has 0 radical (unpaired) electrons. The van der Waals surface area contributed by atoms with Crippen LogP contribution in [0.3, 0.4) is 0 Å². The van der Waals surface area contributed by atoms with Gasteiger partial charge in [0.2, 0.25) is 0 Å². The maximum atomic E-state index is 12.3. The van der Waals surface area contributed by atoms with E-state index >= 15 is 0 Å². The van der Waals surface area contributed by atoms with E-state index in [1.807, 2.05) is 13.0 Å². The topological polar surface area (TPSA) is 106 Å². The van der Waals surface area contributed by atoms with Crippen LogP contribution in [0.1, 0.15) is 31.8 Å². The van der Waals surface area contributed by atoms with Gasteiger partial charge in [-0.15, -0.1) is 0 Å². The summed E-state index contributed by atoms with van der Waals surface area (Å²) in [6.07, 6.45) is 1.41. The molecule has 3 aromatic rings. The van der Waals surface area contributed by atoms with Crippen molar-refractivity contribution >= 4 is 24.0 Å². The number of carbonyl (C=O) groups is 3. The molecule has 0 aliphatic carbocycles. The Morgan fingerprint density at radius 1 is 0.909 bits per heavy atom. The third kappa shape index (κ3) is 7.03. The van der Waals surface area contributed by atoms with E-state index in [1.165, 1.54) is 6.21 Å². The van der Waals surface area contributed by atoms with Crippen LogP contribution >= 0.6 is 0 Å². The number of amides is 2. The quantitative estimate of drug-likeness (QED) is 0.240. The maximum Gasteiger partial charge on any atom is 0.343 e. The van der Waals surface area contributed by atoms with Gasteiger partial charge in [-0.1, -0.05) is 29.8 Å². The molecule has 33 heavy (non-hydrogen) atoms. The average molecular weight is 445 g/mol. The van der Waals surface area contributed by atoms with Gasteiger partial charge >= 0.3 is 5.97 Å². The van der Waals surface area contributed by atoms with Crippen LogP contribution in [-0.2, 0) is 4.79 Å². The number of methoxy groups -OCH3 is 1. The first kappa shape index (κ1) is 23.2. The summed E-state index contributed by atoms with van der Waals surface area (Å²) in [6.45, 7) is 1.66. The molecule has 168 valence electrons. The summed E-state index contributed by atoms with van der Waals surface area (Å²) < 4.78 is 10.5. The number of nitrogens with zero attached hydrogens (tertiary/aromatic N) is 1. The number of hydrogen-bond acceptors (Lipinski definition) is 6. The summed E-state index contributed by atoms with van der Waals surface area (Å²) in [4.78, 5) is 36.3. The van der Waals surface area contributed by atoms with Crippen molar-refractivity contribution in [3.05, 3.63) is 95.1 Å². The molecule has 0 saturated carbocycles. The summed E-state index contributed by atoms with van der Waals surface area (Å²) in [5.74, 6) is -0.360. The molecule has 0 bridgehead atoms. The molecule has 2 amide bonds. The number of benzene rings is 3. The number of hydrogen-bond donors (Lipinski definition) is 2. The molecule has 0 aliphatic rings. The van der Waals surface area contributed by atoms with E-state index < -0.39 is 11.9 Å². The lowest BCUT2D eigenvalue weighted by Gasteiger charge is -2.06. The van der Waals surface area contributed by atoms with Crippen molar-refractivity contribution < 1.29 is 23.9 Å². The number of rotatable bonds is 8. The minimum absolute atomic E-state index is 0.219. The first-order valence-corrected chi connectivity index (χ1v) is 10.1. The van der Waals surface area contributed by atoms with Gasteiger partial charge in [0.25, 0.3) is 11.8 Å². The van der Waals surface area contributed by atoms with Gasteiger partial charge < -0.3 is 14.8 Å². The molecule has 0 aromatic heterocycles. The lowest BCUT2D eigenvalue weighted by Crippen LogP contribution is -2.34. The van der Waals surface area contributed by atoms with Gasteiger partial charge in [0, 0.05) is 5.56 Å². The zero-order chi connectivity index (χ0) is 23.6. The second kappa shape index (κ2) is 11.2. The van der Waals surface area contributed by atoms with Crippen molar-refractivity contribution in [2.24, 2.45) is 5.10 Å². The summed E-state index contributed by atoms with van der Waals surface area (Å²) in [5, 5.41) is 6.41. The SMILES string of the molecule is COc1ccc(C(=O)Oc2cccc(C=NNC(=O)CNC(=O)c3cccc(C)c3)c2)cc1. The fourth-order valence-electron chi connectivity index (χ4n) is 2.82. The molecule has 8 heteroatoms. The molecule has 2 N–H and O–H groups in total. The average Bonchev–Trinajstić information content (AvgIpc) is 2.83. The van der Waals surface area contributed by atoms with Gasteiger partial charge in [-0.3, -0.25) is 9.59 Å². The number of nitrogens with one attached hydrogen (secondary N) is 2. The van der Waals surface area contributed by atoms with Gasteiger partial charge in [-0.25, -0.2) is 10.2 Å². The zero-order valence-corrected chi connectivity index (χ0v) is 18.2. The van der Waals surface area contributed by atoms with E-state index in [9.17, 15) is 14.4 Å². The first-order chi connectivity index (χ1) is 15.9. The number of ether oxygens (including phenoxy) is 2. The van der Waals surface area contributed by atoms with Crippen LogP contribution in [0.15, 0.2) is 77.9 Å². The smallest absolute Gasteiger partial charge is 0.343 e. The number of aryl methyl sites for hydroxylation is 1. The maximum absolute atomic E-state index is 12.3. The Bertz CT molecular complexity index is 1170. The van der Waals surface area contributed by atoms with E-state index in [2.05, 4.69) is 15.8 Å². The van der Waals surface area contributed by atoms with E-state index in [4.69, 9.17) is 9.47 Å². The van der Waals surface area contributed by atoms with Crippen LogP contribution in [0.4, 0.5) is 0 Å². The number of hydrazone groups is 1. The van der Waals surface area contributed by atoms with Crippen LogP contribution in [-0.4, -0.2) is 37.7 Å². The summed E-state index contributed by atoms with van der Waals surface area (Å²) in [5.41, 5.74) is 4.77. The third-order valence-corrected chi connectivity index (χ3v) is 4.49. The van der Waals surface area contributed by atoms with Gasteiger partial charge in [0.1, 0.15) is 11.5 Å². The van der Waals surface area contributed by atoms with Crippen LogP contribution in [0.5, 0.6) is 11.5 Å². The minimum Gasteiger partial charge on any atom is -0.497 e. The molecular formula is C25H23N3O5. The van der Waals surface area contributed by atoms with E-state index in [1.54, 1.807) is 73.8 Å². The third-order valence-electron chi connectivity index (χ3n) is 4.49. The Hall–Kier alpha value is -4.46. The zero-order valence-electron chi connectivity index (χ0n) is 18.2. The molecule has 0 saturated heterocycles. The van der Waals surface area contributed by atoms with Gasteiger partial charge in [0.05, 0.1) is 25.4 Å². The molecule has 0 aliphatic heterocycles. The summed E-state index contributed by atoms with van der Waals surface area (Å²) >= 11 is 0. The fourth-order valence-corrected chi connectivity index (χ4v) is 2.82. The Morgan fingerprint density at radius 3 is 2.39 bits per heavy atom. The number of carbonyl (C=O) groups excluding carboxylic acids is 3. The minimum atomic E-state index is -0.510. The molecular weight excluding hydrogens is 422 g/mol. The van der Waals surface area contributed by atoms with Crippen molar-refractivity contribution in [1.29, 1.82) is 0 Å². The Kier molecular flexibility index (Phi) is 7.91. The Labute approximate surface area is 191 Å². The van der Waals surface area contributed by atoms with Crippen molar-refractivity contribution in [1.82, 2.24) is 10.7 Å². The van der Waals surface area contributed by atoms with Crippen LogP contribution in [0.2, 0.25) is 0 Å². The van der Waals surface area contributed by atoms with Crippen molar-refractivity contribution in [2.45, 2.75) is 6.92 Å². The van der Waals surface area contributed by atoms with Gasteiger partial charge in [0.15, 0.2) is 0 Å². The highest BCUT2D eigenvalue weighted by Gasteiger charge is 2.09. The highest BCUT2D eigenvalue weighted by Crippen LogP contribution is 2.16. The first-order valence-electron chi connectivity index (χ1n) is 10.1.